The van der Waals surface area contributed by atoms with Crippen molar-refractivity contribution in [3.63, 3.8) is 0 Å². The minimum absolute atomic E-state index is 0.0175. The van der Waals surface area contributed by atoms with E-state index in [0.29, 0.717) is 6.61 Å². The number of aryl methyl sites for hydroxylation is 1. The maximum atomic E-state index is 11.8. The van der Waals surface area contributed by atoms with Crippen molar-refractivity contribution < 1.29 is 18.3 Å². The molecule has 19 heavy (non-hydrogen) atoms. The highest BCUT2D eigenvalue weighted by Gasteiger charge is 2.24. The van der Waals surface area contributed by atoms with Crippen LogP contribution in [0.25, 0.3) is 0 Å². The van der Waals surface area contributed by atoms with Crippen LogP contribution in [0.1, 0.15) is 13.3 Å². The summed E-state index contributed by atoms with van der Waals surface area (Å²) in [5.41, 5.74) is -0.423. The van der Waals surface area contributed by atoms with E-state index in [2.05, 4.69) is 5.10 Å². The summed E-state index contributed by atoms with van der Waals surface area (Å²) in [5.74, 6) is 0.135. The lowest BCUT2D eigenvalue weighted by molar-refractivity contribution is 0.228. The van der Waals surface area contributed by atoms with Gasteiger partial charge in [-0.05, 0) is 6.42 Å². The molecule has 0 N–H and O–H groups in total. The molecular weight excluding hydrogens is 291 g/mol. The van der Waals surface area contributed by atoms with Gasteiger partial charge in [-0.3, -0.25) is 9.32 Å². The Hall–Kier alpha value is -0.950. The van der Waals surface area contributed by atoms with Crippen molar-refractivity contribution in [1.82, 2.24) is 9.78 Å². The molecule has 0 radical (unpaired) electrons. The van der Waals surface area contributed by atoms with Crippen molar-refractivity contribution in [2.75, 3.05) is 20.8 Å². The lowest BCUT2D eigenvalue weighted by atomic mass is 10.5. The van der Waals surface area contributed by atoms with Gasteiger partial charge in [-0.2, -0.15) is 5.10 Å². The minimum Gasteiger partial charge on any atom is -0.488 e. The summed E-state index contributed by atoms with van der Waals surface area (Å²) >= 11 is 5.19. The van der Waals surface area contributed by atoms with Crippen LogP contribution in [-0.2, 0) is 27.9 Å². The van der Waals surface area contributed by atoms with Crippen LogP contribution in [0.2, 0.25) is 0 Å². The Morgan fingerprint density at radius 1 is 1.47 bits per heavy atom. The van der Waals surface area contributed by atoms with E-state index in [-0.39, 0.29) is 11.5 Å². The lowest BCUT2D eigenvalue weighted by Crippen LogP contribution is -2.21. The van der Waals surface area contributed by atoms with Gasteiger partial charge < -0.3 is 13.8 Å². The molecule has 1 aromatic rings. The highest BCUT2D eigenvalue weighted by molar-refractivity contribution is 8.07. The molecule has 0 fully saturated rings. The van der Waals surface area contributed by atoms with Gasteiger partial charge in [-0.25, -0.2) is 4.68 Å². The Morgan fingerprint density at radius 3 is 2.68 bits per heavy atom. The molecule has 0 amide bonds. The maximum Gasteiger partial charge on any atom is 0.380 e. The second-order valence-corrected chi connectivity index (χ2v) is 6.57. The lowest BCUT2D eigenvalue weighted by Gasteiger charge is -2.20. The Morgan fingerprint density at radius 2 is 2.16 bits per heavy atom. The van der Waals surface area contributed by atoms with E-state index in [1.54, 1.807) is 0 Å². The van der Waals surface area contributed by atoms with Gasteiger partial charge in [0.25, 0.3) is 0 Å². The van der Waals surface area contributed by atoms with Crippen molar-refractivity contribution >= 4 is 18.5 Å². The third kappa shape index (κ3) is 4.01. The van der Waals surface area contributed by atoms with Crippen LogP contribution in [0.15, 0.2) is 11.0 Å². The highest BCUT2D eigenvalue weighted by atomic mass is 32.5. The number of nitrogens with zero attached hydrogens (tertiary/aromatic N) is 2. The van der Waals surface area contributed by atoms with Gasteiger partial charge in [0, 0.05) is 26.0 Å². The quantitative estimate of drug-likeness (QED) is 0.706. The summed E-state index contributed by atoms with van der Waals surface area (Å²) in [6.07, 6.45) is 2.12. The van der Waals surface area contributed by atoms with E-state index < -0.39 is 12.3 Å². The molecule has 1 aromatic heterocycles. The molecule has 1 unspecified atom stereocenters. The first kappa shape index (κ1) is 16.1. The molecule has 0 spiro atoms. The van der Waals surface area contributed by atoms with E-state index in [1.165, 1.54) is 27.5 Å². The second-order valence-electron chi connectivity index (χ2n) is 3.53. The average molecular weight is 308 g/mol. The number of hydrogen-bond donors (Lipinski definition) is 0. The van der Waals surface area contributed by atoms with Crippen molar-refractivity contribution in [2.45, 2.75) is 13.3 Å². The largest absolute Gasteiger partial charge is 0.488 e. The second kappa shape index (κ2) is 7.00. The zero-order chi connectivity index (χ0) is 14.5. The van der Waals surface area contributed by atoms with Crippen LogP contribution in [0.3, 0.4) is 0 Å². The van der Waals surface area contributed by atoms with Crippen LogP contribution in [0.4, 0.5) is 0 Å². The third-order valence-electron chi connectivity index (χ3n) is 2.15. The number of rotatable bonds is 7. The SMILES string of the molecule is CCCOP(=S)(OC)Oc1cnn(C)c(=O)c1OC. The Labute approximate surface area is 116 Å². The fourth-order valence-corrected chi connectivity index (χ4v) is 2.67. The first-order valence-electron chi connectivity index (χ1n) is 5.57. The average Bonchev–Trinajstić information content (AvgIpc) is 2.41. The van der Waals surface area contributed by atoms with E-state index in [0.717, 1.165) is 11.1 Å². The molecule has 1 heterocycles. The summed E-state index contributed by atoms with van der Waals surface area (Å²) in [6.45, 7) is -0.600. The topological polar surface area (TPSA) is 71.8 Å². The Balaban J connectivity index is 3.07. The predicted octanol–water partition coefficient (Wildman–Crippen LogP) is 1.47. The summed E-state index contributed by atoms with van der Waals surface area (Å²) in [6, 6.07) is 0. The van der Waals surface area contributed by atoms with Crippen LogP contribution in [-0.4, -0.2) is 30.6 Å². The molecule has 0 aliphatic rings. The van der Waals surface area contributed by atoms with Gasteiger partial charge in [0.15, 0.2) is 5.75 Å². The number of aromatic nitrogens is 2. The Bertz CT molecular complexity index is 533. The summed E-state index contributed by atoms with van der Waals surface area (Å²) in [4.78, 5) is 11.8. The normalized spacial score (nSPS) is 13.9. The minimum atomic E-state index is -2.95. The molecule has 1 rings (SSSR count). The Kier molecular flexibility index (Phi) is 5.93. The van der Waals surface area contributed by atoms with Gasteiger partial charge in [-0.15, -0.1) is 0 Å². The van der Waals surface area contributed by atoms with Crippen molar-refractivity contribution in [3.05, 3.63) is 16.6 Å². The fourth-order valence-electron chi connectivity index (χ4n) is 1.20. The molecule has 108 valence electrons. The van der Waals surface area contributed by atoms with Gasteiger partial charge in [-0.1, -0.05) is 6.92 Å². The van der Waals surface area contributed by atoms with Crippen LogP contribution in [0, 0.1) is 0 Å². The molecule has 0 bridgehead atoms. The van der Waals surface area contributed by atoms with E-state index in [9.17, 15) is 4.79 Å². The molecule has 7 nitrogen and oxygen atoms in total. The van der Waals surface area contributed by atoms with Crippen LogP contribution < -0.4 is 14.8 Å². The standard InChI is InChI=1S/C10H17N2O5PS/c1-5-6-16-18(19,15-4)17-8-7-11-12(2)10(13)9(8)14-3/h7H,5-6H2,1-4H3. The molecule has 9 heteroatoms. The van der Waals surface area contributed by atoms with Gasteiger partial charge in [0.2, 0.25) is 5.75 Å². The molecule has 0 saturated carbocycles. The highest BCUT2D eigenvalue weighted by Crippen LogP contribution is 2.50. The van der Waals surface area contributed by atoms with Crippen molar-refractivity contribution in [2.24, 2.45) is 7.05 Å². The monoisotopic (exact) mass is 308 g/mol. The molecule has 1 atom stereocenters. The fraction of sp³-hybridized carbons (Fsp3) is 0.600. The van der Waals surface area contributed by atoms with Gasteiger partial charge in [0.1, 0.15) is 0 Å². The van der Waals surface area contributed by atoms with Crippen molar-refractivity contribution in [1.29, 1.82) is 0 Å². The van der Waals surface area contributed by atoms with Gasteiger partial charge >= 0.3 is 12.3 Å². The number of ether oxygens (including phenoxy) is 1. The zero-order valence-electron chi connectivity index (χ0n) is 11.3. The smallest absolute Gasteiger partial charge is 0.380 e. The zero-order valence-corrected chi connectivity index (χ0v) is 13.0. The summed E-state index contributed by atoms with van der Waals surface area (Å²) in [7, 11) is 4.28. The molecule has 0 aliphatic heterocycles. The summed E-state index contributed by atoms with van der Waals surface area (Å²) < 4.78 is 22.1. The molecule has 0 saturated heterocycles. The van der Waals surface area contributed by atoms with E-state index in [4.69, 9.17) is 30.1 Å². The first-order chi connectivity index (χ1) is 8.97. The predicted molar refractivity (Wildman–Crippen MR) is 74.2 cm³/mol. The van der Waals surface area contributed by atoms with E-state index >= 15 is 0 Å². The van der Waals surface area contributed by atoms with Crippen molar-refractivity contribution in [3.8, 4) is 11.5 Å². The van der Waals surface area contributed by atoms with E-state index in [1.807, 2.05) is 6.92 Å². The number of hydrogen-bond acceptors (Lipinski definition) is 7. The van der Waals surface area contributed by atoms with Gasteiger partial charge in [0.05, 0.1) is 19.9 Å². The summed E-state index contributed by atoms with van der Waals surface area (Å²) in [5, 5.41) is 3.85. The molecule has 0 aliphatic carbocycles. The molecular formula is C10H17N2O5PS. The first-order valence-corrected chi connectivity index (χ1v) is 8.13. The van der Waals surface area contributed by atoms with Crippen LogP contribution >= 0.6 is 6.72 Å². The number of methoxy groups -OCH3 is 1. The third-order valence-corrected chi connectivity index (χ3v) is 4.50. The van der Waals surface area contributed by atoms with Crippen LogP contribution in [0.5, 0.6) is 11.5 Å². The maximum absolute atomic E-state index is 11.8. The molecule has 0 aromatic carbocycles.